The second kappa shape index (κ2) is 7.07. The minimum absolute atomic E-state index is 0.101. The summed E-state index contributed by atoms with van der Waals surface area (Å²) in [5.74, 6) is 0. The van der Waals surface area contributed by atoms with Crippen LogP contribution in [-0.4, -0.2) is 16.3 Å². The largest absolute Gasteiger partial charge is 0.305 e. The fourth-order valence-electron chi connectivity index (χ4n) is 2.47. The fourth-order valence-corrected chi connectivity index (χ4v) is 3.45. The summed E-state index contributed by atoms with van der Waals surface area (Å²) in [4.78, 5) is 0. The Balaban J connectivity index is 2.59. The molecular formula is C16H21Br2N3. The van der Waals surface area contributed by atoms with Gasteiger partial charge in [-0.3, -0.25) is 4.68 Å². The van der Waals surface area contributed by atoms with E-state index in [2.05, 4.69) is 92.9 Å². The Hall–Kier alpha value is -0.650. The quantitative estimate of drug-likeness (QED) is 0.746. The molecule has 5 heteroatoms. The van der Waals surface area contributed by atoms with Crippen LogP contribution in [0, 0.1) is 6.92 Å². The van der Waals surface area contributed by atoms with E-state index in [0.29, 0.717) is 6.04 Å². The van der Waals surface area contributed by atoms with Crippen molar-refractivity contribution in [2.75, 3.05) is 6.54 Å². The number of nitrogens with one attached hydrogen (secondary N) is 1. The van der Waals surface area contributed by atoms with Gasteiger partial charge in [-0.15, -0.1) is 0 Å². The number of hydrogen-bond acceptors (Lipinski definition) is 2. The SMILES string of the molecule is CCNC(c1cc(C)ccc1Br)c1c(Br)cnn1C(C)C. The Kier molecular flexibility index (Phi) is 5.63. The van der Waals surface area contributed by atoms with Gasteiger partial charge in [0, 0.05) is 10.5 Å². The van der Waals surface area contributed by atoms with Gasteiger partial charge in [-0.2, -0.15) is 5.10 Å². The van der Waals surface area contributed by atoms with Crippen molar-refractivity contribution in [1.29, 1.82) is 0 Å². The van der Waals surface area contributed by atoms with Gasteiger partial charge in [0.1, 0.15) is 0 Å². The molecule has 0 fully saturated rings. The molecule has 0 aliphatic heterocycles. The van der Waals surface area contributed by atoms with Crippen molar-refractivity contribution in [3.05, 3.63) is 50.2 Å². The van der Waals surface area contributed by atoms with E-state index in [1.807, 2.05) is 6.20 Å². The third-order valence-corrected chi connectivity index (χ3v) is 4.75. The molecular weight excluding hydrogens is 394 g/mol. The van der Waals surface area contributed by atoms with Crippen molar-refractivity contribution in [2.24, 2.45) is 0 Å². The molecule has 1 unspecified atom stereocenters. The second-order valence-corrected chi connectivity index (χ2v) is 7.14. The van der Waals surface area contributed by atoms with Crippen LogP contribution in [0.3, 0.4) is 0 Å². The molecule has 0 aliphatic rings. The lowest BCUT2D eigenvalue weighted by Crippen LogP contribution is -2.26. The van der Waals surface area contributed by atoms with Gasteiger partial charge in [0.15, 0.2) is 0 Å². The molecule has 0 saturated carbocycles. The first-order valence-corrected chi connectivity index (χ1v) is 8.76. The average Bonchev–Trinajstić information content (AvgIpc) is 2.81. The minimum Gasteiger partial charge on any atom is -0.305 e. The van der Waals surface area contributed by atoms with E-state index >= 15 is 0 Å². The van der Waals surface area contributed by atoms with Gasteiger partial charge >= 0.3 is 0 Å². The molecule has 0 radical (unpaired) electrons. The monoisotopic (exact) mass is 413 g/mol. The van der Waals surface area contributed by atoms with E-state index in [1.54, 1.807) is 0 Å². The summed E-state index contributed by atoms with van der Waals surface area (Å²) in [6.45, 7) is 9.43. The Morgan fingerprint density at radius 2 is 1.95 bits per heavy atom. The van der Waals surface area contributed by atoms with Crippen LogP contribution >= 0.6 is 31.9 Å². The zero-order valence-corrected chi connectivity index (χ0v) is 16.0. The van der Waals surface area contributed by atoms with Crippen LogP contribution in [0.25, 0.3) is 0 Å². The number of nitrogens with zero attached hydrogens (tertiary/aromatic N) is 2. The molecule has 0 aliphatic carbocycles. The van der Waals surface area contributed by atoms with Crippen molar-refractivity contribution in [3.63, 3.8) is 0 Å². The number of aryl methyl sites for hydroxylation is 1. The van der Waals surface area contributed by atoms with Crippen LogP contribution < -0.4 is 5.32 Å². The van der Waals surface area contributed by atoms with Crippen LogP contribution in [-0.2, 0) is 0 Å². The fraction of sp³-hybridized carbons (Fsp3) is 0.438. The summed E-state index contributed by atoms with van der Waals surface area (Å²) in [7, 11) is 0. The molecule has 1 N–H and O–H groups in total. The summed E-state index contributed by atoms with van der Waals surface area (Å²) in [6.07, 6.45) is 1.88. The molecule has 0 spiro atoms. The lowest BCUT2D eigenvalue weighted by Gasteiger charge is -2.23. The number of benzene rings is 1. The van der Waals surface area contributed by atoms with E-state index in [1.165, 1.54) is 11.1 Å². The van der Waals surface area contributed by atoms with Gasteiger partial charge in [0.2, 0.25) is 0 Å². The number of aromatic nitrogens is 2. The Morgan fingerprint density at radius 3 is 2.57 bits per heavy atom. The maximum atomic E-state index is 4.51. The molecule has 2 aromatic rings. The third kappa shape index (κ3) is 3.58. The summed E-state index contributed by atoms with van der Waals surface area (Å²) in [6, 6.07) is 6.87. The van der Waals surface area contributed by atoms with Crippen LogP contribution in [0.4, 0.5) is 0 Å². The molecule has 1 heterocycles. The zero-order chi connectivity index (χ0) is 15.6. The van der Waals surface area contributed by atoms with Gasteiger partial charge in [0.05, 0.1) is 22.4 Å². The van der Waals surface area contributed by atoms with Crippen LogP contribution in [0.15, 0.2) is 33.3 Å². The van der Waals surface area contributed by atoms with E-state index in [9.17, 15) is 0 Å². The summed E-state index contributed by atoms with van der Waals surface area (Å²) in [5.41, 5.74) is 3.65. The third-order valence-electron chi connectivity index (χ3n) is 3.42. The van der Waals surface area contributed by atoms with Crippen molar-refractivity contribution in [2.45, 2.75) is 39.8 Å². The van der Waals surface area contributed by atoms with Crippen molar-refractivity contribution < 1.29 is 0 Å². The van der Waals surface area contributed by atoms with Crippen LogP contribution in [0.5, 0.6) is 0 Å². The van der Waals surface area contributed by atoms with Crippen molar-refractivity contribution >= 4 is 31.9 Å². The molecule has 3 nitrogen and oxygen atoms in total. The number of halogens is 2. The number of hydrogen-bond donors (Lipinski definition) is 1. The molecule has 114 valence electrons. The lowest BCUT2D eigenvalue weighted by molar-refractivity contribution is 0.474. The zero-order valence-electron chi connectivity index (χ0n) is 12.8. The predicted molar refractivity (Wildman–Crippen MR) is 94.7 cm³/mol. The van der Waals surface area contributed by atoms with E-state index in [0.717, 1.165) is 21.2 Å². The van der Waals surface area contributed by atoms with Gasteiger partial charge in [-0.05, 0) is 54.9 Å². The average molecular weight is 415 g/mol. The Morgan fingerprint density at radius 1 is 1.24 bits per heavy atom. The summed E-state index contributed by atoms with van der Waals surface area (Å²) < 4.78 is 4.23. The number of rotatable bonds is 5. The van der Waals surface area contributed by atoms with E-state index in [-0.39, 0.29) is 6.04 Å². The molecule has 0 bridgehead atoms. The first kappa shape index (κ1) is 16.7. The molecule has 1 aromatic carbocycles. The van der Waals surface area contributed by atoms with Crippen molar-refractivity contribution in [3.8, 4) is 0 Å². The summed E-state index contributed by atoms with van der Waals surface area (Å²) in [5, 5.41) is 8.10. The molecule has 0 saturated heterocycles. The maximum Gasteiger partial charge on any atom is 0.0770 e. The smallest absolute Gasteiger partial charge is 0.0770 e. The lowest BCUT2D eigenvalue weighted by atomic mass is 10.0. The highest BCUT2D eigenvalue weighted by molar-refractivity contribution is 9.10. The first-order chi connectivity index (χ1) is 9.95. The maximum absolute atomic E-state index is 4.51. The Labute approximate surface area is 143 Å². The molecule has 1 aromatic heterocycles. The minimum atomic E-state index is 0.101. The topological polar surface area (TPSA) is 29.9 Å². The molecule has 0 amide bonds. The van der Waals surface area contributed by atoms with Crippen LogP contribution in [0.2, 0.25) is 0 Å². The first-order valence-electron chi connectivity index (χ1n) is 7.18. The highest BCUT2D eigenvalue weighted by atomic mass is 79.9. The van der Waals surface area contributed by atoms with Crippen molar-refractivity contribution in [1.82, 2.24) is 15.1 Å². The van der Waals surface area contributed by atoms with E-state index < -0.39 is 0 Å². The van der Waals surface area contributed by atoms with Gasteiger partial charge < -0.3 is 5.32 Å². The highest BCUT2D eigenvalue weighted by Crippen LogP contribution is 2.34. The van der Waals surface area contributed by atoms with Gasteiger partial charge in [-0.25, -0.2) is 0 Å². The molecule has 21 heavy (non-hydrogen) atoms. The normalized spacial score (nSPS) is 12.9. The standard InChI is InChI=1S/C16H21Br2N3/c1-5-19-15(12-8-11(4)6-7-13(12)17)16-14(18)9-20-21(16)10(2)3/h6-10,15,19H,5H2,1-4H3. The molecule has 2 rings (SSSR count). The molecule has 1 atom stereocenters. The second-order valence-electron chi connectivity index (χ2n) is 5.43. The predicted octanol–water partition coefficient (Wildman–Crippen LogP) is 5.00. The van der Waals surface area contributed by atoms with Crippen LogP contribution in [0.1, 0.15) is 49.7 Å². The highest BCUT2D eigenvalue weighted by Gasteiger charge is 2.24. The van der Waals surface area contributed by atoms with Gasteiger partial charge in [-0.1, -0.05) is 40.5 Å². The summed E-state index contributed by atoms with van der Waals surface area (Å²) >= 11 is 7.35. The van der Waals surface area contributed by atoms with Gasteiger partial charge in [0.25, 0.3) is 0 Å². The Bertz CT molecular complexity index is 620. The van der Waals surface area contributed by atoms with E-state index in [4.69, 9.17) is 0 Å².